The second-order valence-corrected chi connectivity index (χ2v) is 9.11. The number of halogens is 6. The van der Waals surface area contributed by atoms with Crippen molar-refractivity contribution in [3.05, 3.63) is 107 Å². The van der Waals surface area contributed by atoms with Gasteiger partial charge in [-0.25, -0.2) is 22.5 Å². The van der Waals surface area contributed by atoms with Crippen molar-refractivity contribution in [2.75, 3.05) is 0 Å². The Bertz CT molecular complexity index is 1570. The van der Waals surface area contributed by atoms with E-state index in [1.807, 2.05) is 25.1 Å². The summed E-state index contributed by atoms with van der Waals surface area (Å²) < 4.78 is 89.1. The molecule has 0 aliphatic carbocycles. The molecule has 0 aliphatic rings. The Kier molecular flexibility index (Phi) is 5.96. The van der Waals surface area contributed by atoms with E-state index < -0.39 is 40.7 Å². The summed E-state index contributed by atoms with van der Waals surface area (Å²) in [6.45, 7) is 1.98. The Hall–Kier alpha value is -3.85. The first-order valence-electron chi connectivity index (χ1n) is 10.6. The average molecular weight is 515 g/mol. The molecule has 0 fully saturated rings. The molecule has 2 nitrogen and oxygen atoms in total. The highest BCUT2D eigenvalue weighted by Crippen LogP contribution is 2.36. The number of fused-ring (bicyclic) bond motifs is 1. The Balaban J connectivity index is 1.39. The monoisotopic (exact) mass is 515 g/mol. The maximum atomic E-state index is 15.0. The maximum Gasteiger partial charge on any atom is 0.426 e. The van der Waals surface area contributed by atoms with Gasteiger partial charge in [0.05, 0.1) is 15.8 Å². The van der Waals surface area contributed by atoms with Crippen LogP contribution >= 0.6 is 11.3 Å². The highest BCUT2D eigenvalue weighted by atomic mass is 32.1. The molecule has 1 aromatic heterocycles. The standard InChI is InChI=1S/C27H15F6NOS/c1-14-2-9-23-24(10-14)36-26(34-23)16-5-8-19(20(28)11-16)15-3-6-17(7-4-15)27(32,33)35-18-12-21(29)25(31)22(30)13-18/h2-13H,1H3. The van der Waals surface area contributed by atoms with Gasteiger partial charge in [-0.1, -0.05) is 30.3 Å². The van der Waals surface area contributed by atoms with E-state index in [2.05, 4.69) is 9.72 Å². The van der Waals surface area contributed by atoms with Crippen LogP contribution in [0.5, 0.6) is 5.75 Å². The number of benzene rings is 4. The van der Waals surface area contributed by atoms with Gasteiger partial charge in [0.1, 0.15) is 16.6 Å². The van der Waals surface area contributed by atoms with E-state index in [4.69, 9.17) is 0 Å². The molecule has 0 N–H and O–H groups in total. The molecule has 1 heterocycles. The van der Waals surface area contributed by atoms with Crippen LogP contribution in [0.2, 0.25) is 0 Å². The second-order valence-electron chi connectivity index (χ2n) is 8.08. The summed E-state index contributed by atoms with van der Waals surface area (Å²) >= 11 is 1.44. The first-order valence-corrected chi connectivity index (χ1v) is 11.4. The molecule has 0 radical (unpaired) electrons. The minimum atomic E-state index is -3.98. The van der Waals surface area contributed by atoms with Gasteiger partial charge in [-0.2, -0.15) is 8.78 Å². The summed E-state index contributed by atoms with van der Waals surface area (Å²) in [4.78, 5) is 4.54. The fourth-order valence-electron chi connectivity index (χ4n) is 3.68. The molecule has 0 unspecified atom stereocenters. The number of ether oxygens (including phenoxy) is 1. The molecule has 0 atom stereocenters. The maximum absolute atomic E-state index is 15.0. The van der Waals surface area contributed by atoms with E-state index in [9.17, 15) is 26.3 Å². The average Bonchev–Trinajstić information content (AvgIpc) is 3.25. The van der Waals surface area contributed by atoms with Crippen LogP contribution in [0.4, 0.5) is 26.3 Å². The van der Waals surface area contributed by atoms with Crippen LogP contribution in [-0.2, 0) is 6.11 Å². The molecule has 182 valence electrons. The number of hydrogen-bond donors (Lipinski definition) is 0. The largest absolute Gasteiger partial charge is 0.429 e. The lowest BCUT2D eigenvalue weighted by molar-refractivity contribution is -0.185. The SMILES string of the molecule is Cc1ccc2nc(-c3ccc(-c4ccc(C(F)(F)Oc5cc(F)c(F)c(F)c5)cc4)c(F)c3)sc2c1. The van der Waals surface area contributed by atoms with E-state index >= 15 is 0 Å². The highest BCUT2D eigenvalue weighted by Gasteiger charge is 2.35. The van der Waals surface area contributed by atoms with E-state index in [-0.39, 0.29) is 5.56 Å². The summed E-state index contributed by atoms with van der Waals surface area (Å²) in [5.74, 6) is -6.54. The molecule has 5 aromatic rings. The third-order valence-corrected chi connectivity index (χ3v) is 6.56. The van der Waals surface area contributed by atoms with Gasteiger partial charge in [0.15, 0.2) is 17.5 Å². The van der Waals surface area contributed by atoms with Gasteiger partial charge in [-0.15, -0.1) is 11.3 Å². The Morgan fingerprint density at radius 1 is 0.750 bits per heavy atom. The number of aryl methyl sites for hydroxylation is 1. The summed E-state index contributed by atoms with van der Waals surface area (Å²) in [5.41, 5.74) is 2.38. The fourth-order valence-corrected chi connectivity index (χ4v) is 4.74. The van der Waals surface area contributed by atoms with E-state index in [1.54, 1.807) is 6.07 Å². The van der Waals surface area contributed by atoms with Crippen molar-refractivity contribution >= 4 is 21.6 Å². The van der Waals surface area contributed by atoms with Gasteiger partial charge in [0, 0.05) is 23.3 Å². The zero-order chi connectivity index (χ0) is 25.6. The quantitative estimate of drug-likeness (QED) is 0.173. The lowest BCUT2D eigenvalue weighted by Gasteiger charge is -2.19. The Morgan fingerprint density at radius 2 is 1.42 bits per heavy atom. The Morgan fingerprint density at radius 3 is 2.08 bits per heavy atom. The summed E-state index contributed by atoms with van der Waals surface area (Å²) in [6, 6.07) is 15.6. The van der Waals surface area contributed by atoms with Gasteiger partial charge in [-0.05, 0) is 48.4 Å². The van der Waals surface area contributed by atoms with Crippen LogP contribution in [0.15, 0.2) is 72.8 Å². The lowest BCUT2D eigenvalue weighted by Crippen LogP contribution is -2.22. The predicted octanol–water partition coefficient (Wildman–Crippen LogP) is 8.62. The molecule has 5 rings (SSSR count). The smallest absolute Gasteiger partial charge is 0.426 e. The molecular weight excluding hydrogens is 500 g/mol. The number of nitrogens with zero attached hydrogens (tertiary/aromatic N) is 1. The number of thiazole rings is 1. The molecule has 4 aromatic carbocycles. The van der Waals surface area contributed by atoms with E-state index in [1.165, 1.54) is 35.6 Å². The van der Waals surface area contributed by atoms with E-state index in [0.29, 0.717) is 28.3 Å². The van der Waals surface area contributed by atoms with Gasteiger partial charge < -0.3 is 4.74 Å². The topological polar surface area (TPSA) is 22.1 Å². The molecule has 0 bridgehead atoms. The summed E-state index contributed by atoms with van der Waals surface area (Å²) in [6.07, 6.45) is -3.98. The molecule has 0 saturated heterocycles. The van der Waals surface area contributed by atoms with Crippen molar-refractivity contribution in [1.29, 1.82) is 0 Å². The van der Waals surface area contributed by atoms with Crippen molar-refractivity contribution < 1.29 is 31.1 Å². The lowest BCUT2D eigenvalue weighted by atomic mass is 10.0. The van der Waals surface area contributed by atoms with Gasteiger partial charge >= 0.3 is 6.11 Å². The van der Waals surface area contributed by atoms with Gasteiger partial charge in [0.2, 0.25) is 0 Å². The molecule has 0 spiro atoms. The summed E-state index contributed by atoms with van der Waals surface area (Å²) in [7, 11) is 0. The van der Waals surface area contributed by atoms with Crippen molar-refractivity contribution in [3.63, 3.8) is 0 Å². The molecule has 0 amide bonds. The van der Waals surface area contributed by atoms with Crippen LogP contribution in [0.1, 0.15) is 11.1 Å². The minimum absolute atomic E-state index is 0.189. The van der Waals surface area contributed by atoms with Crippen molar-refractivity contribution in [1.82, 2.24) is 4.98 Å². The van der Waals surface area contributed by atoms with Crippen LogP contribution < -0.4 is 4.74 Å². The van der Waals surface area contributed by atoms with Crippen LogP contribution in [0.3, 0.4) is 0 Å². The third-order valence-electron chi connectivity index (χ3n) is 5.50. The van der Waals surface area contributed by atoms with Crippen LogP contribution in [0, 0.1) is 30.2 Å². The fraction of sp³-hybridized carbons (Fsp3) is 0.0741. The van der Waals surface area contributed by atoms with E-state index in [0.717, 1.165) is 27.9 Å². The minimum Gasteiger partial charge on any atom is -0.429 e. The van der Waals surface area contributed by atoms with Crippen molar-refractivity contribution in [2.45, 2.75) is 13.0 Å². The van der Waals surface area contributed by atoms with Crippen LogP contribution in [-0.4, -0.2) is 4.98 Å². The molecule has 36 heavy (non-hydrogen) atoms. The molecular formula is C27H15F6NOS. The number of rotatable bonds is 5. The molecule has 0 aliphatic heterocycles. The van der Waals surface area contributed by atoms with Crippen molar-refractivity contribution in [2.24, 2.45) is 0 Å². The predicted molar refractivity (Wildman–Crippen MR) is 126 cm³/mol. The zero-order valence-corrected chi connectivity index (χ0v) is 19.3. The first kappa shape index (κ1) is 23.9. The number of hydrogen-bond acceptors (Lipinski definition) is 3. The number of alkyl halides is 2. The second kappa shape index (κ2) is 8.98. The number of aromatic nitrogens is 1. The van der Waals surface area contributed by atoms with Crippen molar-refractivity contribution in [3.8, 4) is 27.4 Å². The van der Waals surface area contributed by atoms with Gasteiger partial charge in [0.25, 0.3) is 0 Å². The van der Waals surface area contributed by atoms with Crippen LogP contribution in [0.25, 0.3) is 31.9 Å². The highest BCUT2D eigenvalue weighted by molar-refractivity contribution is 7.21. The Labute approximate surface area is 205 Å². The molecule has 0 saturated carbocycles. The van der Waals surface area contributed by atoms with Gasteiger partial charge in [-0.3, -0.25) is 0 Å². The third kappa shape index (κ3) is 4.54. The summed E-state index contributed by atoms with van der Waals surface area (Å²) in [5, 5.41) is 0.654. The normalized spacial score (nSPS) is 11.8. The first-order chi connectivity index (χ1) is 17.1. The zero-order valence-electron chi connectivity index (χ0n) is 18.5. The molecule has 9 heteroatoms.